The summed E-state index contributed by atoms with van der Waals surface area (Å²) in [6.45, 7) is 5.41. The summed E-state index contributed by atoms with van der Waals surface area (Å²) < 4.78 is 1.58. The molecule has 11 heteroatoms. The molecule has 0 aliphatic heterocycles. The molecule has 4 N–H and O–H groups in total. The van der Waals surface area contributed by atoms with Gasteiger partial charge in [-0.2, -0.15) is 15.0 Å². The van der Waals surface area contributed by atoms with Crippen LogP contribution in [0.4, 0.5) is 5.69 Å². The molecule has 1 fully saturated rings. The zero-order valence-corrected chi connectivity index (χ0v) is 20.5. The Labute approximate surface area is 208 Å². The summed E-state index contributed by atoms with van der Waals surface area (Å²) in [6, 6.07) is 5.61. The third kappa shape index (κ3) is 5.60. The number of hydrogen-bond acceptors (Lipinski definition) is 8. The van der Waals surface area contributed by atoms with E-state index in [1.807, 2.05) is 13.8 Å². The average molecular weight is 491 g/mol. The first kappa shape index (κ1) is 25.1. The molecule has 3 aromatic rings. The first-order chi connectivity index (χ1) is 17.2. The van der Waals surface area contributed by atoms with Crippen molar-refractivity contribution in [1.29, 1.82) is 5.26 Å². The van der Waals surface area contributed by atoms with Gasteiger partial charge < -0.3 is 21.1 Å². The number of carbonyl (C=O) groups is 2. The summed E-state index contributed by atoms with van der Waals surface area (Å²) in [5.41, 5.74) is 2.06. The summed E-state index contributed by atoms with van der Waals surface area (Å²) in [5.74, 6) is -0.101. The quantitative estimate of drug-likeness (QED) is 0.392. The second-order valence-corrected chi connectivity index (χ2v) is 9.40. The van der Waals surface area contributed by atoms with Crippen molar-refractivity contribution in [2.45, 2.75) is 70.7 Å². The Morgan fingerprint density at radius 1 is 1.06 bits per heavy atom. The largest absolute Gasteiger partial charge is 0.384 e. The fourth-order valence-corrected chi connectivity index (χ4v) is 4.29. The summed E-state index contributed by atoms with van der Waals surface area (Å²) in [4.78, 5) is 33.7. The van der Waals surface area contributed by atoms with E-state index >= 15 is 0 Å². The van der Waals surface area contributed by atoms with Crippen LogP contribution in [0.3, 0.4) is 0 Å². The molecule has 36 heavy (non-hydrogen) atoms. The van der Waals surface area contributed by atoms with Crippen LogP contribution in [0, 0.1) is 11.3 Å². The second kappa shape index (κ2) is 10.7. The number of aliphatic hydroxyl groups is 1. The number of hydrogen-bond donors (Lipinski definition) is 4. The van der Waals surface area contributed by atoms with Crippen LogP contribution in [0.15, 0.2) is 30.7 Å². The maximum Gasteiger partial charge on any atom is 0.255 e. The fourth-order valence-electron chi connectivity index (χ4n) is 4.29. The number of aliphatic hydroxyl groups excluding tert-OH is 1. The zero-order chi connectivity index (χ0) is 25.8. The summed E-state index contributed by atoms with van der Waals surface area (Å²) in [6.07, 6.45) is 6.52. The molecule has 1 atom stereocenters. The van der Waals surface area contributed by atoms with Crippen LogP contribution in [-0.4, -0.2) is 60.9 Å². The smallest absolute Gasteiger partial charge is 0.255 e. The van der Waals surface area contributed by atoms with Crippen molar-refractivity contribution in [2.24, 2.45) is 0 Å². The Balaban J connectivity index is 1.50. The Morgan fingerprint density at radius 2 is 1.75 bits per heavy atom. The topological polar surface area (TPSA) is 158 Å². The van der Waals surface area contributed by atoms with Gasteiger partial charge in [0.25, 0.3) is 5.91 Å². The predicted molar refractivity (Wildman–Crippen MR) is 133 cm³/mol. The molecule has 11 nitrogen and oxygen atoms in total. The lowest BCUT2D eigenvalue weighted by molar-refractivity contribution is -0.129. The van der Waals surface area contributed by atoms with Crippen molar-refractivity contribution in [3.8, 4) is 11.9 Å². The van der Waals surface area contributed by atoms with E-state index in [9.17, 15) is 14.7 Å². The molecular weight excluding hydrogens is 460 g/mol. The summed E-state index contributed by atoms with van der Waals surface area (Å²) in [5, 5.41) is 32.9. The molecule has 0 aromatic carbocycles. The van der Waals surface area contributed by atoms with Gasteiger partial charge in [-0.3, -0.25) is 9.59 Å². The molecule has 188 valence electrons. The maximum absolute atomic E-state index is 13.2. The van der Waals surface area contributed by atoms with Gasteiger partial charge in [-0.1, -0.05) is 0 Å². The van der Waals surface area contributed by atoms with E-state index < -0.39 is 6.10 Å². The van der Waals surface area contributed by atoms with Crippen LogP contribution in [-0.2, 0) is 4.79 Å². The van der Waals surface area contributed by atoms with Gasteiger partial charge in [0.15, 0.2) is 11.5 Å². The highest BCUT2D eigenvalue weighted by atomic mass is 16.3. The van der Waals surface area contributed by atoms with Crippen molar-refractivity contribution < 1.29 is 14.7 Å². The van der Waals surface area contributed by atoms with Crippen LogP contribution >= 0.6 is 0 Å². The third-order valence-corrected chi connectivity index (χ3v) is 6.12. The molecule has 2 amide bonds. The van der Waals surface area contributed by atoms with Crippen LogP contribution < -0.4 is 16.0 Å². The number of rotatable bonds is 7. The van der Waals surface area contributed by atoms with E-state index in [-0.39, 0.29) is 29.9 Å². The highest BCUT2D eigenvalue weighted by Gasteiger charge is 2.26. The fraction of sp³-hybridized carbons (Fsp3) is 0.440. The lowest BCUT2D eigenvalue weighted by Crippen LogP contribution is -2.46. The van der Waals surface area contributed by atoms with Crippen molar-refractivity contribution >= 4 is 28.5 Å². The minimum Gasteiger partial charge on any atom is -0.384 e. The van der Waals surface area contributed by atoms with E-state index in [0.717, 1.165) is 31.1 Å². The van der Waals surface area contributed by atoms with Gasteiger partial charge in [0, 0.05) is 42.0 Å². The lowest BCUT2D eigenvalue weighted by atomic mass is 9.91. The number of aromatic nitrogens is 4. The van der Waals surface area contributed by atoms with Gasteiger partial charge >= 0.3 is 0 Å². The maximum atomic E-state index is 13.2. The lowest BCUT2D eigenvalue weighted by Gasteiger charge is -2.30. The van der Waals surface area contributed by atoms with Gasteiger partial charge in [-0.05, 0) is 52.5 Å². The molecule has 0 bridgehead atoms. The minimum absolute atomic E-state index is 0.00103. The molecule has 1 saturated carbocycles. The normalized spacial score (nSPS) is 18.4. The third-order valence-electron chi connectivity index (χ3n) is 6.12. The van der Waals surface area contributed by atoms with Gasteiger partial charge in [-0.25, -0.2) is 9.97 Å². The van der Waals surface area contributed by atoms with Crippen molar-refractivity contribution in [1.82, 2.24) is 30.4 Å². The number of amides is 2. The van der Waals surface area contributed by atoms with Gasteiger partial charge in [0.05, 0.1) is 23.0 Å². The highest BCUT2D eigenvalue weighted by molar-refractivity contribution is 5.99. The van der Waals surface area contributed by atoms with Gasteiger partial charge in [0.2, 0.25) is 5.91 Å². The van der Waals surface area contributed by atoms with Crippen LogP contribution in [0.2, 0.25) is 0 Å². The van der Waals surface area contributed by atoms with Crippen molar-refractivity contribution in [3.63, 3.8) is 0 Å². The van der Waals surface area contributed by atoms with Crippen molar-refractivity contribution in [3.05, 3.63) is 41.9 Å². The number of nitrogens with zero attached hydrogens (tertiary/aromatic N) is 5. The Kier molecular flexibility index (Phi) is 7.45. The Hall–Kier alpha value is -4.04. The molecule has 0 saturated heterocycles. The van der Waals surface area contributed by atoms with Crippen LogP contribution in [0.1, 0.15) is 62.4 Å². The van der Waals surface area contributed by atoms with Gasteiger partial charge in [0.1, 0.15) is 12.2 Å². The SMILES string of the molecule is CC(C)Nc1cc(-n2ncc3cc(C#N)cnc32)ncc1C(=O)N[C@H]1CC[C@H](NC(=O)[C@H](C)O)CC1. The number of anilines is 1. The first-order valence-corrected chi connectivity index (χ1v) is 12.0. The molecule has 1 aliphatic rings. The highest BCUT2D eigenvalue weighted by Crippen LogP contribution is 2.24. The molecule has 1 aliphatic carbocycles. The zero-order valence-electron chi connectivity index (χ0n) is 20.5. The van der Waals surface area contributed by atoms with E-state index in [1.54, 1.807) is 23.0 Å². The Morgan fingerprint density at radius 3 is 2.39 bits per heavy atom. The molecule has 3 aromatic heterocycles. The van der Waals surface area contributed by atoms with Crippen LogP contribution in [0.25, 0.3) is 16.9 Å². The minimum atomic E-state index is -1.03. The van der Waals surface area contributed by atoms with E-state index in [2.05, 4.69) is 37.1 Å². The molecule has 0 unspecified atom stereocenters. The number of nitriles is 1. The average Bonchev–Trinajstić information content (AvgIpc) is 3.27. The number of nitrogens with one attached hydrogen (secondary N) is 3. The molecule has 0 radical (unpaired) electrons. The molecule has 4 rings (SSSR count). The number of carbonyl (C=O) groups excluding carboxylic acids is 2. The van der Waals surface area contributed by atoms with Gasteiger partial charge in [-0.15, -0.1) is 0 Å². The predicted octanol–water partition coefficient (Wildman–Crippen LogP) is 2.05. The van der Waals surface area contributed by atoms with Crippen LogP contribution in [0.5, 0.6) is 0 Å². The summed E-state index contributed by atoms with van der Waals surface area (Å²) >= 11 is 0. The van der Waals surface area contributed by atoms with E-state index in [0.29, 0.717) is 28.3 Å². The molecule has 3 heterocycles. The van der Waals surface area contributed by atoms with Crippen molar-refractivity contribution in [2.75, 3.05) is 5.32 Å². The second-order valence-electron chi connectivity index (χ2n) is 9.40. The molecule has 0 spiro atoms. The first-order valence-electron chi connectivity index (χ1n) is 12.0. The Bertz CT molecular complexity index is 1300. The standard InChI is InChI=1S/C25H30N8O3/c1-14(2)30-21-9-22(33-23-17(12-29-33)8-16(10-26)11-28-23)27-13-20(21)25(36)32-19-6-4-18(5-7-19)31-24(35)15(3)34/h8-9,11-15,18-19,34H,4-7H2,1-3H3,(H,27,30)(H,31,35)(H,32,36)/t15-,18-,19-/m0/s1. The number of fused-ring (bicyclic) bond motifs is 1. The van der Waals surface area contributed by atoms with E-state index in [4.69, 9.17) is 5.26 Å². The van der Waals surface area contributed by atoms with E-state index in [1.165, 1.54) is 19.3 Å². The monoisotopic (exact) mass is 490 g/mol. The molecular formula is C25H30N8O3. The summed E-state index contributed by atoms with van der Waals surface area (Å²) in [7, 11) is 0. The number of pyridine rings is 2.